The number of hydrogen-bond acceptors (Lipinski definition) is 3. The van der Waals surface area contributed by atoms with Gasteiger partial charge in [-0.2, -0.15) is 0 Å². The highest BCUT2D eigenvalue weighted by molar-refractivity contribution is 5.46. The van der Waals surface area contributed by atoms with E-state index < -0.39 is 0 Å². The summed E-state index contributed by atoms with van der Waals surface area (Å²) in [6, 6.07) is 11.5. The van der Waals surface area contributed by atoms with Crippen LogP contribution in [0.15, 0.2) is 30.3 Å². The third-order valence-corrected chi connectivity index (χ3v) is 4.38. The van der Waals surface area contributed by atoms with E-state index in [9.17, 15) is 0 Å². The smallest absolute Gasteiger partial charge is 0.0367 e. The van der Waals surface area contributed by atoms with E-state index in [4.69, 9.17) is 0 Å². The first-order valence-corrected chi connectivity index (χ1v) is 7.67. The summed E-state index contributed by atoms with van der Waals surface area (Å²) in [7, 11) is 0. The van der Waals surface area contributed by atoms with Crippen LogP contribution in [0.2, 0.25) is 0 Å². The van der Waals surface area contributed by atoms with Crippen molar-refractivity contribution in [3.63, 3.8) is 0 Å². The van der Waals surface area contributed by atoms with Crippen LogP contribution in [0.25, 0.3) is 0 Å². The van der Waals surface area contributed by atoms with Crippen LogP contribution in [0.3, 0.4) is 0 Å². The van der Waals surface area contributed by atoms with Crippen molar-refractivity contribution in [3.8, 4) is 0 Å². The molecule has 0 saturated carbocycles. The topological polar surface area (TPSA) is 18.5 Å². The molecule has 0 amide bonds. The van der Waals surface area contributed by atoms with Crippen molar-refractivity contribution >= 4 is 5.69 Å². The molecule has 0 aliphatic carbocycles. The Morgan fingerprint density at radius 2 is 1.79 bits per heavy atom. The van der Waals surface area contributed by atoms with E-state index in [1.54, 1.807) is 0 Å². The largest absolute Gasteiger partial charge is 0.369 e. The monoisotopic (exact) mass is 259 g/mol. The number of rotatable bonds is 3. The Bertz CT molecular complexity index is 365. The highest BCUT2D eigenvalue weighted by Crippen LogP contribution is 2.16. The first kappa shape index (κ1) is 12.9. The van der Waals surface area contributed by atoms with Crippen LogP contribution in [0, 0.1) is 0 Å². The summed E-state index contributed by atoms with van der Waals surface area (Å²) in [4.78, 5) is 5.13. The molecular weight excluding hydrogens is 234 g/mol. The third-order valence-electron chi connectivity index (χ3n) is 4.38. The van der Waals surface area contributed by atoms with Gasteiger partial charge in [0, 0.05) is 44.5 Å². The van der Waals surface area contributed by atoms with Crippen molar-refractivity contribution in [2.24, 2.45) is 0 Å². The number of piperazine rings is 1. The van der Waals surface area contributed by atoms with Gasteiger partial charge < -0.3 is 10.2 Å². The van der Waals surface area contributed by atoms with Crippen molar-refractivity contribution in [3.05, 3.63) is 30.3 Å². The fraction of sp³-hybridized carbons (Fsp3) is 0.625. The quantitative estimate of drug-likeness (QED) is 0.895. The zero-order valence-electron chi connectivity index (χ0n) is 11.7. The van der Waals surface area contributed by atoms with Crippen LogP contribution in [0.1, 0.15) is 19.3 Å². The zero-order valence-corrected chi connectivity index (χ0v) is 11.7. The van der Waals surface area contributed by atoms with Crippen LogP contribution >= 0.6 is 0 Å². The zero-order chi connectivity index (χ0) is 12.9. The minimum atomic E-state index is 0.733. The van der Waals surface area contributed by atoms with Gasteiger partial charge in [-0.05, 0) is 31.5 Å². The maximum atomic E-state index is 3.65. The SMILES string of the molecule is c1ccc(N2CCN(CC3CCCCN3)CC2)cc1. The first-order chi connectivity index (χ1) is 9.42. The summed E-state index contributed by atoms with van der Waals surface area (Å²) < 4.78 is 0. The van der Waals surface area contributed by atoms with Crippen molar-refractivity contribution < 1.29 is 0 Å². The maximum absolute atomic E-state index is 3.65. The normalized spacial score (nSPS) is 25.5. The van der Waals surface area contributed by atoms with E-state index in [1.165, 1.54) is 51.1 Å². The molecule has 104 valence electrons. The van der Waals surface area contributed by atoms with E-state index in [2.05, 4.69) is 45.4 Å². The van der Waals surface area contributed by atoms with Crippen LogP contribution in [-0.2, 0) is 0 Å². The Kier molecular flexibility index (Phi) is 4.36. The molecule has 2 heterocycles. The van der Waals surface area contributed by atoms with Gasteiger partial charge in [0.1, 0.15) is 0 Å². The highest BCUT2D eigenvalue weighted by Gasteiger charge is 2.21. The second-order valence-electron chi connectivity index (χ2n) is 5.77. The van der Waals surface area contributed by atoms with Gasteiger partial charge >= 0.3 is 0 Å². The molecule has 1 unspecified atom stereocenters. The van der Waals surface area contributed by atoms with Gasteiger partial charge in [-0.3, -0.25) is 4.90 Å². The van der Waals surface area contributed by atoms with E-state index in [0.717, 1.165) is 19.1 Å². The lowest BCUT2D eigenvalue weighted by atomic mass is 10.0. The Labute approximate surface area is 116 Å². The number of hydrogen-bond donors (Lipinski definition) is 1. The number of benzene rings is 1. The molecule has 3 nitrogen and oxygen atoms in total. The minimum absolute atomic E-state index is 0.733. The summed E-state index contributed by atoms with van der Waals surface area (Å²) in [6.45, 7) is 7.19. The fourth-order valence-corrected chi connectivity index (χ4v) is 3.22. The van der Waals surface area contributed by atoms with Crippen molar-refractivity contribution in [1.82, 2.24) is 10.2 Å². The van der Waals surface area contributed by atoms with Gasteiger partial charge in [-0.15, -0.1) is 0 Å². The Balaban J connectivity index is 1.46. The predicted molar refractivity (Wildman–Crippen MR) is 80.7 cm³/mol. The third kappa shape index (κ3) is 3.48. The highest BCUT2D eigenvalue weighted by atomic mass is 15.3. The molecule has 1 aromatic carbocycles. The predicted octanol–water partition coefficient (Wildman–Crippen LogP) is 1.95. The van der Waals surface area contributed by atoms with Crippen molar-refractivity contribution in [1.29, 1.82) is 0 Å². The summed E-state index contributed by atoms with van der Waals surface area (Å²) in [6.07, 6.45) is 4.12. The molecule has 2 aliphatic rings. The lowest BCUT2D eigenvalue weighted by Crippen LogP contribution is -2.51. The number of anilines is 1. The molecule has 0 radical (unpaired) electrons. The second-order valence-corrected chi connectivity index (χ2v) is 5.77. The van der Waals surface area contributed by atoms with E-state index in [0.29, 0.717) is 0 Å². The van der Waals surface area contributed by atoms with Crippen LogP contribution in [0.4, 0.5) is 5.69 Å². The van der Waals surface area contributed by atoms with Gasteiger partial charge in [0.05, 0.1) is 0 Å². The number of piperidine rings is 1. The molecule has 2 aliphatic heterocycles. The lowest BCUT2D eigenvalue weighted by Gasteiger charge is -2.38. The lowest BCUT2D eigenvalue weighted by molar-refractivity contribution is 0.214. The summed E-state index contributed by atoms with van der Waals surface area (Å²) >= 11 is 0. The van der Waals surface area contributed by atoms with Crippen LogP contribution in [-0.4, -0.2) is 50.2 Å². The van der Waals surface area contributed by atoms with Gasteiger partial charge in [-0.1, -0.05) is 24.6 Å². The van der Waals surface area contributed by atoms with Crippen molar-refractivity contribution in [2.45, 2.75) is 25.3 Å². The van der Waals surface area contributed by atoms with Crippen LogP contribution in [0.5, 0.6) is 0 Å². The molecule has 3 rings (SSSR count). The van der Waals surface area contributed by atoms with Crippen molar-refractivity contribution in [2.75, 3.05) is 44.2 Å². The molecule has 3 heteroatoms. The van der Waals surface area contributed by atoms with Crippen LogP contribution < -0.4 is 10.2 Å². The minimum Gasteiger partial charge on any atom is -0.369 e. The average Bonchev–Trinajstić information content (AvgIpc) is 2.50. The molecule has 2 saturated heterocycles. The first-order valence-electron chi connectivity index (χ1n) is 7.67. The van der Waals surface area contributed by atoms with E-state index in [1.807, 2.05) is 0 Å². The molecule has 1 atom stereocenters. The molecule has 19 heavy (non-hydrogen) atoms. The van der Waals surface area contributed by atoms with Gasteiger partial charge in [-0.25, -0.2) is 0 Å². The Morgan fingerprint density at radius 1 is 1.00 bits per heavy atom. The second kappa shape index (κ2) is 6.40. The Morgan fingerprint density at radius 3 is 2.47 bits per heavy atom. The average molecular weight is 259 g/mol. The number of nitrogens with one attached hydrogen (secondary N) is 1. The maximum Gasteiger partial charge on any atom is 0.0367 e. The van der Waals surface area contributed by atoms with Gasteiger partial charge in [0.15, 0.2) is 0 Å². The van der Waals surface area contributed by atoms with E-state index >= 15 is 0 Å². The van der Waals surface area contributed by atoms with Gasteiger partial charge in [0.2, 0.25) is 0 Å². The standard InChI is InChI=1S/C16H25N3/c1-2-7-16(8-3-1)19-12-10-18(11-13-19)14-15-6-4-5-9-17-15/h1-3,7-8,15,17H,4-6,9-14H2. The molecule has 1 N–H and O–H groups in total. The number of para-hydroxylation sites is 1. The molecule has 1 aromatic rings. The fourth-order valence-electron chi connectivity index (χ4n) is 3.22. The summed E-state index contributed by atoms with van der Waals surface area (Å²) in [5, 5.41) is 3.65. The molecular formula is C16H25N3. The summed E-state index contributed by atoms with van der Waals surface area (Å²) in [5.41, 5.74) is 1.37. The van der Waals surface area contributed by atoms with Gasteiger partial charge in [0.25, 0.3) is 0 Å². The summed E-state index contributed by atoms with van der Waals surface area (Å²) in [5.74, 6) is 0. The molecule has 0 spiro atoms. The number of nitrogens with zero attached hydrogens (tertiary/aromatic N) is 2. The van der Waals surface area contributed by atoms with E-state index in [-0.39, 0.29) is 0 Å². The Hall–Kier alpha value is -1.06. The molecule has 2 fully saturated rings. The molecule has 0 bridgehead atoms. The molecule has 0 aromatic heterocycles.